The largest absolute Gasteiger partial charge is 0.396 e. The fourth-order valence-corrected chi connectivity index (χ4v) is 1.51. The summed E-state index contributed by atoms with van der Waals surface area (Å²) in [6.45, 7) is 2.41. The van der Waals surface area contributed by atoms with Crippen molar-refractivity contribution in [3.05, 3.63) is 24.3 Å². The molecular weight excluding hydrogens is 184 g/mol. The number of unbranched alkanes of at least 4 members (excludes halogenated alkanes) is 6. The Kier molecular flexibility index (Phi) is 12.9. The van der Waals surface area contributed by atoms with Crippen molar-refractivity contribution < 1.29 is 5.11 Å². The number of rotatable bonds is 10. The average molecular weight is 210 g/mol. The van der Waals surface area contributed by atoms with E-state index in [1.165, 1.54) is 38.5 Å². The fourth-order valence-electron chi connectivity index (χ4n) is 1.51. The zero-order valence-electron chi connectivity index (χ0n) is 10.1. The average Bonchev–Trinajstić information content (AvgIpc) is 2.26. The Morgan fingerprint density at radius 2 is 1.47 bits per heavy atom. The van der Waals surface area contributed by atoms with Crippen LogP contribution in [0.5, 0.6) is 0 Å². The molecule has 0 fully saturated rings. The predicted octanol–water partition coefficient (Wildman–Crippen LogP) is 4.23. The van der Waals surface area contributed by atoms with Crippen LogP contribution < -0.4 is 0 Å². The van der Waals surface area contributed by atoms with Gasteiger partial charge in [-0.15, -0.1) is 0 Å². The van der Waals surface area contributed by atoms with Crippen molar-refractivity contribution >= 4 is 0 Å². The lowest BCUT2D eigenvalue weighted by Crippen LogP contribution is -1.83. The molecule has 0 aromatic rings. The van der Waals surface area contributed by atoms with Crippen molar-refractivity contribution in [1.82, 2.24) is 0 Å². The number of aliphatic hydroxyl groups excluding tert-OH is 1. The lowest BCUT2D eigenvalue weighted by molar-refractivity contribution is 0.282. The van der Waals surface area contributed by atoms with Crippen molar-refractivity contribution in [3.8, 4) is 0 Å². The summed E-state index contributed by atoms with van der Waals surface area (Å²) in [5.74, 6) is 0. The Balaban J connectivity index is 3.01. The van der Waals surface area contributed by atoms with E-state index >= 15 is 0 Å². The Labute approximate surface area is 94.9 Å². The topological polar surface area (TPSA) is 20.2 Å². The van der Waals surface area contributed by atoms with Gasteiger partial charge in [0, 0.05) is 6.61 Å². The van der Waals surface area contributed by atoms with Gasteiger partial charge in [-0.25, -0.2) is 0 Å². The molecule has 0 aromatic carbocycles. The van der Waals surface area contributed by atoms with E-state index in [2.05, 4.69) is 31.2 Å². The third-order valence-corrected chi connectivity index (χ3v) is 2.45. The van der Waals surface area contributed by atoms with Gasteiger partial charge in [-0.1, -0.05) is 50.0 Å². The third-order valence-electron chi connectivity index (χ3n) is 2.45. The number of allylic oxidation sites excluding steroid dienone is 4. The monoisotopic (exact) mass is 210 g/mol. The second-order valence-electron chi connectivity index (χ2n) is 3.91. The van der Waals surface area contributed by atoms with Crippen molar-refractivity contribution in [2.45, 2.75) is 58.3 Å². The summed E-state index contributed by atoms with van der Waals surface area (Å²) in [7, 11) is 0. The summed E-state index contributed by atoms with van der Waals surface area (Å²) in [6, 6.07) is 0. The van der Waals surface area contributed by atoms with Crippen LogP contribution >= 0.6 is 0 Å². The van der Waals surface area contributed by atoms with Gasteiger partial charge in [-0.3, -0.25) is 0 Å². The van der Waals surface area contributed by atoms with Gasteiger partial charge in [0.2, 0.25) is 0 Å². The number of hydrogen-bond acceptors (Lipinski definition) is 1. The summed E-state index contributed by atoms with van der Waals surface area (Å²) in [6.07, 6.45) is 18.5. The summed E-state index contributed by atoms with van der Waals surface area (Å²) in [5, 5.41) is 8.60. The molecule has 0 heterocycles. The fraction of sp³-hybridized carbons (Fsp3) is 0.714. The molecule has 0 bridgehead atoms. The summed E-state index contributed by atoms with van der Waals surface area (Å²) < 4.78 is 0. The Bertz CT molecular complexity index is 159. The Morgan fingerprint density at radius 1 is 0.800 bits per heavy atom. The molecule has 0 aliphatic carbocycles. The van der Waals surface area contributed by atoms with Crippen molar-refractivity contribution in [1.29, 1.82) is 0 Å². The zero-order valence-corrected chi connectivity index (χ0v) is 10.1. The normalized spacial score (nSPS) is 11.9. The van der Waals surface area contributed by atoms with Crippen LogP contribution in [0, 0.1) is 0 Å². The highest BCUT2D eigenvalue weighted by Crippen LogP contribution is 2.07. The molecule has 1 nitrogen and oxygen atoms in total. The maximum atomic E-state index is 8.60. The van der Waals surface area contributed by atoms with Gasteiger partial charge in [0.1, 0.15) is 0 Å². The van der Waals surface area contributed by atoms with Crippen LogP contribution in [0.3, 0.4) is 0 Å². The first-order valence-electron chi connectivity index (χ1n) is 6.28. The van der Waals surface area contributed by atoms with Gasteiger partial charge in [0.05, 0.1) is 0 Å². The second-order valence-corrected chi connectivity index (χ2v) is 3.91. The first-order chi connectivity index (χ1) is 7.41. The molecule has 0 saturated carbocycles. The number of hydrogen-bond donors (Lipinski definition) is 1. The Morgan fingerprint density at radius 3 is 2.13 bits per heavy atom. The molecule has 0 rings (SSSR count). The minimum atomic E-state index is 0.355. The van der Waals surface area contributed by atoms with E-state index in [-0.39, 0.29) is 0 Å². The van der Waals surface area contributed by atoms with E-state index in [0.717, 1.165) is 12.8 Å². The van der Waals surface area contributed by atoms with Gasteiger partial charge >= 0.3 is 0 Å². The van der Waals surface area contributed by atoms with Gasteiger partial charge < -0.3 is 5.11 Å². The lowest BCUT2D eigenvalue weighted by Gasteiger charge is -1.98. The standard InChI is InChI=1S/C14H26O/c1-2-3-4-5-6-7-8-9-10-11-12-13-14-15/h2-3,5-6,15H,4,7-14H2,1H3/b3-2+,6-5?. The van der Waals surface area contributed by atoms with Crippen LogP contribution in [-0.4, -0.2) is 11.7 Å². The van der Waals surface area contributed by atoms with Gasteiger partial charge in [0.25, 0.3) is 0 Å². The van der Waals surface area contributed by atoms with E-state index in [1.54, 1.807) is 0 Å². The third kappa shape index (κ3) is 13.4. The quantitative estimate of drug-likeness (QED) is 0.422. The van der Waals surface area contributed by atoms with Crippen molar-refractivity contribution in [2.24, 2.45) is 0 Å². The maximum absolute atomic E-state index is 8.60. The minimum Gasteiger partial charge on any atom is -0.396 e. The maximum Gasteiger partial charge on any atom is 0.0431 e. The van der Waals surface area contributed by atoms with Gasteiger partial charge in [-0.2, -0.15) is 0 Å². The Hall–Kier alpha value is -0.560. The van der Waals surface area contributed by atoms with Crippen LogP contribution in [-0.2, 0) is 0 Å². The zero-order chi connectivity index (χ0) is 11.2. The summed E-state index contributed by atoms with van der Waals surface area (Å²) in [5.41, 5.74) is 0. The van der Waals surface area contributed by atoms with Crippen LogP contribution in [0.15, 0.2) is 24.3 Å². The number of aliphatic hydroxyl groups is 1. The second kappa shape index (κ2) is 13.4. The predicted molar refractivity (Wildman–Crippen MR) is 68.0 cm³/mol. The van der Waals surface area contributed by atoms with Crippen LogP contribution in [0.25, 0.3) is 0 Å². The first-order valence-corrected chi connectivity index (χ1v) is 6.28. The molecule has 1 N–H and O–H groups in total. The molecule has 0 spiro atoms. The van der Waals surface area contributed by atoms with E-state index < -0.39 is 0 Å². The summed E-state index contributed by atoms with van der Waals surface area (Å²) in [4.78, 5) is 0. The molecule has 0 aliphatic heterocycles. The molecule has 88 valence electrons. The molecular formula is C14H26O. The van der Waals surface area contributed by atoms with E-state index in [0.29, 0.717) is 6.61 Å². The van der Waals surface area contributed by atoms with Crippen LogP contribution in [0.1, 0.15) is 58.3 Å². The summed E-state index contributed by atoms with van der Waals surface area (Å²) >= 11 is 0. The van der Waals surface area contributed by atoms with Gasteiger partial charge in [-0.05, 0) is 32.6 Å². The minimum absolute atomic E-state index is 0.355. The lowest BCUT2D eigenvalue weighted by atomic mass is 10.1. The van der Waals surface area contributed by atoms with E-state index in [4.69, 9.17) is 5.11 Å². The molecule has 0 saturated heterocycles. The van der Waals surface area contributed by atoms with Gasteiger partial charge in [0.15, 0.2) is 0 Å². The molecule has 0 radical (unpaired) electrons. The molecule has 0 amide bonds. The molecule has 0 unspecified atom stereocenters. The van der Waals surface area contributed by atoms with Crippen molar-refractivity contribution in [2.75, 3.05) is 6.61 Å². The highest BCUT2D eigenvalue weighted by atomic mass is 16.2. The highest BCUT2D eigenvalue weighted by Gasteiger charge is 1.89. The van der Waals surface area contributed by atoms with Crippen LogP contribution in [0.4, 0.5) is 0 Å². The highest BCUT2D eigenvalue weighted by molar-refractivity contribution is 4.91. The molecule has 1 heteroatoms. The molecule has 0 atom stereocenters. The van der Waals surface area contributed by atoms with E-state index in [1.807, 2.05) is 0 Å². The SMILES string of the molecule is C/C=C/CC=CCCCCCCCCO. The van der Waals surface area contributed by atoms with Crippen molar-refractivity contribution in [3.63, 3.8) is 0 Å². The van der Waals surface area contributed by atoms with E-state index in [9.17, 15) is 0 Å². The van der Waals surface area contributed by atoms with Crippen LogP contribution in [0.2, 0.25) is 0 Å². The smallest absolute Gasteiger partial charge is 0.0431 e. The molecule has 0 aromatic heterocycles. The molecule has 15 heavy (non-hydrogen) atoms. The first kappa shape index (κ1) is 14.4. The molecule has 0 aliphatic rings.